The first-order valence-electron chi connectivity index (χ1n) is 5.86. The minimum absolute atomic E-state index is 0.0824. The molecular weight excluding hydrogens is 323 g/mol. The van der Waals surface area contributed by atoms with Crippen LogP contribution in [-0.2, 0) is 6.54 Å². The highest BCUT2D eigenvalue weighted by atomic mass is 35.5. The van der Waals surface area contributed by atoms with Crippen molar-refractivity contribution in [2.24, 2.45) is 0 Å². The molecule has 0 atom stereocenters. The Balaban J connectivity index is 2.26. The lowest BCUT2D eigenvalue weighted by atomic mass is 10.3. The number of rotatable bonds is 4. The molecule has 0 saturated heterocycles. The lowest BCUT2D eigenvalue weighted by Crippen LogP contribution is -2.18. The van der Waals surface area contributed by atoms with E-state index in [0.29, 0.717) is 17.3 Å². The molecule has 2 rings (SSSR count). The fourth-order valence-corrected chi connectivity index (χ4v) is 2.20. The van der Waals surface area contributed by atoms with E-state index in [0.717, 1.165) is 6.42 Å². The summed E-state index contributed by atoms with van der Waals surface area (Å²) in [6.07, 6.45) is 3.81. The minimum Gasteiger partial charge on any atom is -0.342 e. The fraction of sp³-hybridized carbons (Fsp3) is 0.250. The van der Waals surface area contributed by atoms with Gasteiger partial charge in [-0.25, -0.2) is 9.97 Å². The Morgan fingerprint density at radius 3 is 2.80 bits per heavy atom. The molecule has 0 radical (unpaired) electrons. The zero-order valence-electron chi connectivity index (χ0n) is 10.5. The number of hydrogen-bond acceptors (Lipinski definition) is 3. The predicted octanol–water partition coefficient (Wildman–Crippen LogP) is 3.90. The summed E-state index contributed by atoms with van der Waals surface area (Å²) in [5, 5.41) is 3.27. The van der Waals surface area contributed by atoms with Crippen LogP contribution in [0.25, 0.3) is 0 Å². The van der Waals surface area contributed by atoms with Gasteiger partial charge in [-0.05, 0) is 12.5 Å². The average Bonchev–Trinajstić information content (AvgIpc) is 2.76. The van der Waals surface area contributed by atoms with Crippen molar-refractivity contribution in [1.29, 1.82) is 0 Å². The summed E-state index contributed by atoms with van der Waals surface area (Å²) in [6.45, 7) is 2.70. The van der Waals surface area contributed by atoms with Crippen molar-refractivity contribution in [3.63, 3.8) is 0 Å². The summed E-state index contributed by atoms with van der Waals surface area (Å²) < 4.78 is 1.77. The number of nitrogens with one attached hydrogen (secondary N) is 1. The van der Waals surface area contributed by atoms with Gasteiger partial charge in [0.05, 0.1) is 5.02 Å². The van der Waals surface area contributed by atoms with Crippen LogP contribution in [0, 0.1) is 0 Å². The Kier molecular flexibility index (Phi) is 4.86. The van der Waals surface area contributed by atoms with Gasteiger partial charge in [-0.3, -0.25) is 4.79 Å². The number of nitrogens with zero attached hydrogens (tertiary/aromatic N) is 3. The number of halogens is 3. The number of anilines is 1. The molecule has 1 amide bonds. The second-order valence-electron chi connectivity index (χ2n) is 4.02. The standard InChI is InChI=1S/C12H11Cl3N4O/c1-2-3-19-5-7(13)4-8(19)12(20)18-11-9(14)10(15)16-6-17-11/h4-6H,2-3H2,1H3,(H,16,17,18,20). The summed E-state index contributed by atoms with van der Waals surface area (Å²) in [5.74, 6) is -0.195. The predicted molar refractivity (Wildman–Crippen MR) is 79.7 cm³/mol. The summed E-state index contributed by atoms with van der Waals surface area (Å²) in [6, 6.07) is 1.59. The molecule has 0 aliphatic heterocycles. The first kappa shape index (κ1) is 15.1. The third-order valence-corrected chi connectivity index (χ3v) is 3.49. The Morgan fingerprint density at radius 1 is 1.35 bits per heavy atom. The van der Waals surface area contributed by atoms with Gasteiger partial charge in [-0.1, -0.05) is 41.7 Å². The van der Waals surface area contributed by atoms with Crippen LogP contribution >= 0.6 is 34.8 Å². The van der Waals surface area contributed by atoms with Crippen LogP contribution in [0.2, 0.25) is 15.2 Å². The molecule has 106 valence electrons. The Morgan fingerprint density at radius 2 is 2.10 bits per heavy atom. The van der Waals surface area contributed by atoms with E-state index in [4.69, 9.17) is 34.8 Å². The molecule has 0 saturated carbocycles. The Labute approximate surface area is 130 Å². The molecule has 2 heterocycles. The van der Waals surface area contributed by atoms with Crippen LogP contribution in [0.5, 0.6) is 0 Å². The zero-order chi connectivity index (χ0) is 14.7. The molecule has 5 nitrogen and oxygen atoms in total. The number of hydrogen-bond donors (Lipinski definition) is 1. The number of carbonyl (C=O) groups excluding carboxylic acids is 1. The second kappa shape index (κ2) is 6.43. The van der Waals surface area contributed by atoms with E-state index in [-0.39, 0.29) is 21.9 Å². The van der Waals surface area contributed by atoms with Gasteiger partial charge >= 0.3 is 0 Å². The number of carbonyl (C=O) groups is 1. The van der Waals surface area contributed by atoms with Crippen molar-refractivity contribution < 1.29 is 4.79 Å². The average molecular weight is 334 g/mol. The molecule has 20 heavy (non-hydrogen) atoms. The third-order valence-electron chi connectivity index (χ3n) is 2.54. The Bertz CT molecular complexity index is 642. The smallest absolute Gasteiger partial charge is 0.273 e. The maximum absolute atomic E-state index is 12.2. The van der Waals surface area contributed by atoms with E-state index in [9.17, 15) is 4.79 Å². The molecule has 8 heteroatoms. The van der Waals surface area contributed by atoms with Gasteiger partial charge in [0, 0.05) is 12.7 Å². The molecule has 0 unspecified atom stereocenters. The van der Waals surface area contributed by atoms with Gasteiger partial charge in [0.15, 0.2) is 11.0 Å². The lowest BCUT2D eigenvalue weighted by Gasteiger charge is -2.09. The molecule has 0 aromatic carbocycles. The molecule has 0 aliphatic rings. The summed E-state index contributed by atoms with van der Waals surface area (Å²) in [5.41, 5.74) is 0.433. The van der Waals surface area contributed by atoms with E-state index in [2.05, 4.69) is 15.3 Å². The number of aromatic nitrogens is 3. The second-order valence-corrected chi connectivity index (χ2v) is 5.19. The van der Waals surface area contributed by atoms with E-state index in [1.54, 1.807) is 16.8 Å². The molecule has 1 N–H and O–H groups in total. The normalized spacial score (nSPS) is 10.6. The fourth-order valence-electron chi connectivity index (χ4n) is 1.70. The maximum Gasteiger partial charge on any atom is 0.273 e. The lowest BCUT2D eigenvalue weighted by molar-refractivity contribution is 0.101. The van der Waals surface area contributed by atoms with Crippen molar-refractivity contribution in [3.8, 4) is 0 Å². The first-order chi connectivity index (χ1) is 9.52. The van der Waals surface area contributed by atoms with Gasteiger partial charge in [-0.2, -0.15) is 0 Å². The van der Waals surface area contributed by atoms with Crippen molar-refractivity contribution in [3.05, 3.63) is 39.5 Å². The van der Waals surface area contributed by atoms with E-state index in [1.165, 1.54) is 6.33 Å². The van der Waals surface area contributed by atoms with Crippen LogP contribution in [0.1, 0.15) is 23.8 Å². The van der Waals surface area contributed by atoms with E-state index >= 15 is 0 Å². The number of amides is 1. The summed E-state index contributed by atoms with van der Waals surface area (Å²) >= 11 is 17.6. The molecular formula is C12H11Cl3N4O. The van der Waals surface area contributed by atoms with Gasteiger partial charge in [0.1, 0.15) is 17.0 Å². The van der Waals surface area contributed by atoms with Crippen molar-refractivity contribution in [2.75, 3.05) is 5.32 Å². The molecule has 2 aromatic heterocycles. The SMILES string of the molecule is CCCn1cc(Cl)cc1C(=O)Nc1ncnc(Cl)c1Cl. The van der Waals surface area contributed by atoms with Crippen molar-refractivity contribution >= 4 is 46.5 Å². The van der Waals surface area contributed by atoms with Crippen LogP contribution in [0.15, 0.2) is 18.6 Å². The van der Waals surface area contributed by atoms with Gasteiger partial charge < -0.3 is 9.88 Å². The van der Waals surface area contributed by atoms with Crippen molar-refractivity contribution in [2.45, 2.75) is 19.9 Å². The largest absolute Gasteiger partial charge is 0.342 e. The summed E-state index contributed by atoms with van der Waals surface area (Å²) in [4.78, 5) is 19.8. The molecule has 2 aromatic rings. The zero-order valence-corrected chi connectivity index (χ0v) is 12.8. The highest BCUT2D eigenvalue weighted by molar-refractivity contribution is 6.43. The quantitative estimate of drug-likeness (QED) is 0.863. The van der Waals surface area contributed by atoms with Gasteiger partial charge in [0.2, 0.25) is 0 Å². The van der Waals surface area contributed by atoms with Gasteiger partial charge in [0.25, 0.3) is 5.91 Å². The van der Waals surface area contributed by atoms with E-state index in [1.807, 2.05) is 6.92 Å². The van der Waals surface area contributed by atoms with E-state index < -0.39 is 0 Å². The van der Waals surface area contributed by atoms with Crippen LogP contribution in [-0.4, -0.2) is 20.4 Å². The monoisotopic (exact) mass is 332 g/mol. The third kappa shape index (κ3) is 3.23. The van der Waals surface area contributed by atoms with Gasteiger partial charge in [-0.15, -0.1) is 0 Å². The van der Waals surface area contributed by atoms with Crippen LogP contribution < -0.4 is 5.32 Å². The minimum atomic E-state index is -0.359. The molecule has 0 fully saturated rings. The topological polar surface area (TPSA) is 59.8 Å². The summed E-state index contributed by atoms with van der Waals surface area (Å²) in [7, 11) is 0. The van der Waals surface area contributed by atoms with Crippen LogP contribution in [0.4, 0.5) is 5.82 Å². The molecule has 0 spiro atoms. The van der Waals surface area contributed by atoms with Crippen molar-refractivity contribution in [1.82, 2.24) is 14.5 Å². The van der Waals surface area contributed by atoms with Crippen LogP contribution in [0.3, 0.4) is 0 Å². The molecule has 0 bridgehead atoms. The highest BCUT2D eigenvalue weighted by Crippen LogP contribution is 2.26. The number of aryl methyl sites for hydroxylation is 1. The first-order valence-corrected chi connectivity index (χ1v) is 6.99. The maximum atomic E-state index is 12.2. The Hall–Kier alpha value is -1.30. The molecule has 0 aliphatic carbocycles. The highest BCUT2D eigenvalue weighted by Gasteiger charge is 2.16.